The van der Waals surface area contributed by atoms with Gasteiger partial charge in [0, 0.05) is 12.0 Å². The standard InChI is InChI=1S/C13H16ClNO3S/c1-2-9-19(17,18)15-13-10-11(5-3-4-8-16)6-7-12(13)14/h6-7,10,15-16H,2,4,8-9H2,1H3. The number of rotatable bonds is 5. The molecule has 0 unspecified atom stereocenters. The Morgan fingerprint density at radius 1 is 1.42 bits per heavy atom. The van der Waals surface area contributed by atoms with E-state index in [4.69, 9.17) is 16.7 Å². The summed E-state index contributed by atoms with van der Waals surface area (Å²) >= 11 is 5.95. The van der Waals surface area contributed by atoms with Crippen molar-refractivity contribution in [2.24, 2.45) is 0 Å². The molecule has 0 bridgehead atoms. The van der Waals surface area contributed by atoms with Crippen molar-refractivity contribution in [3.05, 3.63) is 28.8 Å². The van der Waals surface area contributed by atoms with Crippen LogP contribution in [0.15, 0.2) is 18.2 Å². The predicted molar refractivity (Wildman–Crippen MR) is 77.7 cm³/mol. The smallest absolute Gasteiger partial charge is 0.232 e. The van der Waals surface area contributed by atoms with E-state index in [1.165, 1.54) is 0 Å². The SMILES string of the molecule is CCCS(=O)(=O)Nc1cc(C#CCCO)ccc1Cl. The van der Waals surface area contributed by atoms with Gasteiger partial charge in [0.25, 0.3) is 0 Å². The second kappa shape index (κ2) is 7.39. The molecule has 0 saturated carbocycles. The zero-order chi connectivity index (χ0) is 14.3. The van der Waals surface area contributed by atoms with Gasteiger partial charge in [-0.25, -0.2) is 8.42 Å². The molecular formula is C13H16ClNO3S. The molecular weight excluding hydrogens is 286 g/mol. The highest BCUT2D eigenvalue weighted by Crippen LogP contribution is 2.24. The topological polar surface area (TPSA) is 66.4 Å². The average molecular weight is 302 g/mol. The van der Waals surface area contributed by atoms with E-state index in [1.54, 1.807) is 25.1 Å². The molecule has 0 fully saturated rings. The predicted octanol–water partition coefficient (Wildman–Crippen LogP) is 2.23. The highest BCUT2D eigenvalue weighted by atomic mass is 35.5. The zero-order valence-corrected chi connectivity index (χ0v) is 12.2. The van der Waals surface area contributed by atoms with Crippen LogP contribution < -0.4 is 4.72 Å². The number of nitrogens with one attached hydrogen (secondary N) is 1. The molecule has 1 aromatic carbocycles. The van der Waals surface area contributed by atoms with Crippen LogP contribution in [-0.2, 0) is 10.0 Å². The largest absolute Gasteiger partial charge is 0.395 e. The fraction of sp³-hybridized carbons (Fsp3) is 0.385. The normalized spacial score (nSPS) is 10.7. The minimum absolute atomic E-state index is 0.00340. The van der Waals surface area contributed by atoms with Crippen LogP contribution in [0.5, 0.6) is 0 Å². The molecule has 0 heterocycles. The molecule has 4 nitrogen and oxygen atoms in total. The van der Waals surface area contributed by atoms with Crippen LogP contribution in [0.2, 0.25) is 5.02 Å². The van der Waals surface area contributed by atoms with Crippen LogP contribution in [0.3, 0.4) is 0 Å². The van der Waals surface area contributed by atoms with Crippen molar-refractivity contribution < 1.29 is 13.5 Å². The maximum absolute atomic E-state index is 11.7. The molecule has 0 radical (unpaired) electrons. The molecule has 104 valence electrons. The van der Waals surface area contributed by atoms with E-state index in [0.29, 0.717) is 29.1 Å². The van der Waals surface area contributed by atoms with Gasteiger partial charge in [-0.05, 0) is 24.6 Å². The number of anilines is 1. The number of hydrogen-bond acceptors (Lipinski definition) is 3. The fourth-order valence-corrected chi connectivity index (χ4v) is 2.75. The lowest BCUT2D eigenvalue weighted by Gasteiger charge is -2.09. The van der Waals surface area contributed by atoms with Gasteiger partial charge in [-0.2, -0.15) is 0 Å². The van der Waals surface area contributed by atoms with Gasteiger partial charge >= 0.3 is 0 Å². The van der Waals surface area contributed by atoms with E-state index >= 15 is 0 Å². The van der Waals surface area contributed by atoms with E-state index in [-0.39, 0.29) is 12.4 Å². The molecule has 0 atom stereocenters. The number of aliphatic hydroxyl groups is 1. The molecule has 0 aliphatic heterocycles. The number of benzene rings is 1. The van der Waals surface area contributed by atoms with Crippen molar-refractivity contribution in [3.63, 3.8) is 0 Å². The quantitative estimate of drug-likeness (QED) is 0.820. The van der Waals surface area contributed by atoms with Crippen molar-refractivity contribution in [1.82, 2.24) is 0 Å². The molecule has 19 heavy (non-hydrogen) atoms. The van der Waals surface area contributed by atoms with Crippen molar-refractivity contribution >= 4 is 27.3 Å². The molecule has 0 aliphatic carbocycles. The number of aliphatic hydroxyl groups excluding tert-OH is 1. The maximum Gasteiger partial charge on any atom is 0.232 e. The summed E-state index contributed by atoms with van der Waals surface area (Å²) in [6, 6.07) is 4.87. The Morgan fingerprint density at radius 2 is 2.16 bits per heavy atom. The Balaban J connectivity index is 2.96. The Bertz CT molecular complexity index is 588. The van der Waals surface area contributed by atoms with Crippen LogP contribution in [0.25, 0.3) is 0 Å². The molecule has 0 saturated heterocycles. The lowest BCUT2D eigenvalue weighted by Crippen LogP contribution is -2.16. The molecule has 0 spiro atoms. The zero-order valence-electron chi connectivity index (χ0n) is 10.6. The van der Waals surface area contributed by atoms with Gasteiger partial charge in [-0.15, -0.1) is 0 Å². The third-order valence-electron chi connectivity index (χ3n) is 2.17. The first kappa shape index (κ1) is 15.8. The molecule has 2 N–H and O–H groups in total. The average Bonchev–Trinajstić information content (AvgIpc) is 2.33. The van der Waals surface area contributed by atoms with E-state index in [2.05, 4.69) is 16.6 Å². The summed E-state index contributed by atoms with van der Waals surface area (Å²) in [6.07, 6.45) is 0.905. The van der Waals surface area contributed by atoms with E-state index in [9.17, 15) is 8.42 Å². The lowest BCUT2D eigenvalue weighted by molar-refractivity contribution is 0.305. The van der Waals surface area contributed by atoms with Crippen molar-refractivity contribution in [2.75, 3.05) is 17.1 Å². The van der Waals surface area contributed by atoms with Crippen LogP contribution >= 0.6 is 11.6 Å². The van der Waals surface area contributed by atoms with Crippen LogP contribution in [0.4, 0.5) is 5.69 Å². The minimum atomic E-state index is -3.37. The van der Waals surface area contributed by atoms with Gasteiger partial charge in [0.15, 0.2) is 0 Å². The van der Waals surface area contributed by atoms with E-state index < -0.39 is 10.0 Å². The summed E-state index contributed by atoms with van der Waals surface area (Å²) in [7, 11) is -3.37. The van der Waals surface area contributed by atoms with Gasteiger partial charge in [-0.1, -0.05) is 30.4 Å². The maximum atomic E-state index is 11.7. The monoisotopic (exact) mass is 301 g/mol. The second-order valence-corrected chi connectivity index (χ2v) is 6.14. The first-order valence-electron chi connectivity index (χ1n) is 5.88. The highest BCUT2D eigenvalue weighted by Gasteiger charge is 2.11. The summed E-state index contributed by atoms with van der Waals surface area (Å²) < 4.78 is 25.8. The number of halogens is 1. The van der Waals surface area contributed by atoms with E-state index in [1.807, 2.05) is 0 Å². The number of sulfonamides is 1. The van der Waals surface area contributed by atoms with Gasteiger partial charge < -0.3 is 5.11 Å². The highest BCUT2D eigenvalue weighted by molar-refractivity contribution is 7.92. The third-order valence-corrected chi connectivity index (χ3v) is 3.98. The van der Waals surface area contributed by atoms with Crippen molar-refractivity contribution in [1.29, 1.82) is 0 Å². The summed E-state index contributed by atoms with van der Waals surface area (Å²) in [5.74, 6) is 5.64. The first-order valence-corrected chi connectivity index (χ1v) is 7.91. The fourth-order valence-electron chi connectivity index (χ4n) is 1.39. The molecule has 0 aliphatic rings. The van der Waals surface area contributed by atoms with Gasteiger partial charge in [0.1, 0.15) is 0 Å². The molecule has 6 heteroatoms. The summed E-state index contributed by atoms with van der Waals surface area (Å²) in [5.41, 5.74) is 0.970. The van der Waals surface area contributed by atoms with Crippen molar-refractivity contribution in [2.45, 2.75) is 19.8 Å². The van der Waals surface area contributed by atoms with Gasteiger partial charge in [0.2, 0.25) is 10.0 Å². The van der Waals surface area contributed by atoms with Crippen LogP contribution in [-0.4, -0.2) is 25.9 Å². The Labute approximate surface area is 118 Å². The summed E-state index contributed by atoms with van der Waals surface area (Å²) in [6.45, 7) is 1.79. The van der Waals surface area contributed by atoms with Crippen LogP contribution in [0, 0.1) is 11.8 Å². The lowest BCUT2D eigenvalue weighted by atomic mass is 10.2. The second-order valence-electron chi connectivity index (χ2n) is 3.89. The van der Waals surface area contributed by atoms with Gasteiger partial charge in [0.05, 0.1) is 23.1 Å². The Hall–Kier alpha value is -1.22. The molecule has 0 aromatic heterocycles. The molecule has 0 amide bonds. The third kappa shape index (κ3) is 5.52. The Kier molecular flexibility index (Phi) is 6.16. The summed E-state index contributed by atoms with van der Waals surface area (Å²) in [4.78, 5) is 0. The minimum Gasteiger partial charge on any atom is -0.395 e. The first-order chi connectivity index (χ1) is 8.98. The molecule has 1 rings (SSSR count). The van der Waals surface area contributed by atoms with E-state index in [0.717, 1.165) is 0 Å². The molecule has 1 aromatic rings. The van der Waals surface area contributed by atoms with Crippen molar-refractivity contribution in [3.8, 4) is 11.8 Å². The van der Waals surface area contributed by atoms with Gasteiger partial charge in [-0.3, -0.25) is 4.72 Å². The Morgan fingerprint density at radius 3 is 2.79 bits per heavy atom. The summed E-state index contributed by atoms with van der Waals surface area (Å²) in [5, 5.41) is 8.97. The number of hydrogen-bond donors (Lipinski definition) is 2. The van der Waals surface area contributed by atoms with Crippen LogP contribution in [0.1, 0.15) is 25.3 Å².